The van der Waals surface area contributed by atoms with E-state index < -0.39 is 0 Å². The van der Waals surface area contributed by atoms with Crippen LogP contribution >= 0.6 is 0 Å². The quantitative estimate of drug-likeness (QED) is 0.816. The average molecular weight is 283 g/mol. The molecule has 4 rings (SSSR count). The number of nitrogens with zero attached hydrogens (tertiary/aromatic N) is 4. The van der Waals surface area contributed by atoms with Crippen LogP contribution in [0.2, 0.25) is 0 Å². The van der Waals surface area contributed by atoms with Gasteiger partial charge in [0, 0.05) is 19.3 Å². The van der Waals surface area contributed by atoms with E-state index in [1.165, 1.54) is 0 Å². The number of pyridine rings is 1. The van der Waals surface area contributed by atoms with Crippen LogP contribution in [-0.2, 0) is 0 Å². The van der Waals surface area contributed by atoms with Crippen molar-refractivity contribution in [3.05, 3.63) is 36.8 Å². The van der Waals surface area contributed by atoms with E-state index in [0.29, 0.717) is 23.2 Å². The number of carbonyl (C=O) groups excluding carboxylic acids is 1. The van der Waals surface area contributed by atoms with Crippen LogP contribution < -0.4 is 5.32 Å². The van der Waals surface area contributed by atoms with Crippen LogP contribution in [-0.4, -0.2) is 38.6 Å². The Morgan fingerprint density at radius 3 is 2.76 bits per heavy atom. The predicted octanol–water partition coefficient (Wildman–Crippen LogP) is 2.16. The lowest BCUT2D eigenvalue weighted by Gasteiger charge is -2.17. The number of allylic oxidation sites excluding steroid dienone is 2. The Bertz CT molecular complexity index is 691. The Balaban J connectivity index is 1.50. The molecule has 1 N–H and O–H groups in total. The number of urea groups is 1. The third-order valence-corrected chi connectivity index (χ3v) is 4.47. The molecule has 1 saturated heterocycles. The normalized spacial score (nSPS) is 24.3. The lowest BCUT2D eigenvalue weighted by Crippen LogP contribution is -2.33. The van der Waals surface area contributed by atoms with Crippen LogP contribution in [0.4, 0.5) is 10.5 Å². The fourth-order valence-corrected chi connectivity index (χ4v) is 3.32. The summed E-state index contributed by atoms with van der Waals surface area (Å²) >= 11 is 0. The molecule has 0 saturated carbocycles. The number of carbonyl (C=O) groups is 1. The summed E-state index contributed by atoms with van der Waals surface area (Å²) < 4.78 is 1.79. The van der Waals surface area contributed by atoms with Gasteiger partial charge in [-0.05, 0) is 36.8 Å². The first kappa shape index (κ1) is 12.4. The Kier molecular flexibility index (Phi) is 2.87. The van der Waals surface area contributed by atoms with Crippen molar-refractivity contribution in [1.29, 1.82) is 0 Å². The van der Waals surface area contributed by atoms with Crippen molar-refractivity contribution in [3.8, 4) is 0 Å². The van der Waals surface area contributed by atoms with Crippen LogP contribution in [0.3, 0.4) is 0 Å². The summed E-state index contributed by atoms with van der Waals surface area (Å²) in [5, 5.41) is 10.9. The molecular formula is C15H17N5O. The number of likely N-dealkylation sites (tertiary alicyclic amines) is 1. The second-order valence-corrected chi connectivity index (χ2v) is 5.78. The maximum Gasteiger partial charge on any atom is 0.321 e. The maximum absolute atomic E-state index is 12.5. The van der Waals surface area contributed by atoms with Crippen molar-refractivity contribution < 1.29 is 4.79 Å². The van der Waals surface area contributed by atoms with Crippen molar-refractivity contribution in [2.75, 3.05) is 18.4 Å². The van der Waals surface area contributed by atoms with Crippen molar-refractivity contribution in [3.63, 3.8) is 0 Å². The molecule has 21 heavy (non-hydrogen) atoms. The highest BCUT2D eigenvalue weighted by Crippen LogP contribution is 2.33. The molecule has 0 spiro atoms. The van der Waals surface area contributed by atoms with Gasteiger partial charge in [-0.15, -0.1) is 10.2 Å². The van der Waals surface area contributed by atoms with Gasteiger partial charge in [0.1, 0.15) is 6.33 Å². The van der Waals surface area contributed by atoms with Gasteiger partial charge in [-0.25, -0.2) is 4.79 Å². The highest BCUT2D eigenvalue weighted by Gasteiger charge is 2.35. The molecule has 1 fully saturated rings. The van der Waals surface area contributed by atoms with E-state index in [1.807, 2.05) is 23.2 Å². The van der Waals surface area contributed by atoms with E-state index in [1.54, 1.807) is 10.7 Å². The van der Waals surface area contributed by atoms with Gasteiger partial charge in [-0.3, -0.25) is 4.40 Å². The van der Waals surface area contributed by atoms with Crippen molar-refractivity contribution >= 4 is 17.4 Å². The molecule has 2 atom stereocenters. The van der Waals surface area contributed by atoms with E-state index in [0.717, 1.165) is 25.9 Å². The standard InChI is InChI=1S/C15H17N5O/c21-15(20-8-11-4-1-2-5-12(11)9-20)17-13-6-3-7-19-10-16-18-14(13)19/h1-3,6-7,10-12H,4-5,8-9H2,(H,17,21)/t11-,12+. The number of fused-ring (bicyclic) bond motifs is 2. The third-order valence-electron chi connectivity index (χ3n) is 4.47. The zero-order chi connectivity index (χ0) is 14.2. The molecular weight excluding hydrogens is 266 g/mol. The molecule has 0 aromatic carbocycles. The lowest BCUT2D eigenvalue weighted by atomic mass is 9.86. The molecule has 2 aromatic rings. The Hall–Kier alpha value is -2.37. The van der Waals surface area contributed by atoms with Crippen molar-refractivity contribution in [1.82, 2.24) is 19.5 Å². The minimum Gasteiger partial charge on any atom is -0.324 e. The molecule has 2 aromatic heterocycles. The van der Waals surface area contributed by atoms with Gasteiger partial charge in [-0.2, -0.15) is 0 Å². The minimum absolute atomic E-state index is 0.0412. The second kappa shape index (κ2) is 4.87. The molecule has 1 aliphatic carbocycles. The topological polar surface area (TPSA) is 62.5 Å². The van der Waals surface area contributed by atoms with Crippen LogP contribution in [0, 0.1) is 11.8 Å². The first-order valence-corrected chi connectivity index (χ1v) is 7.30. The molecule has 0 unspecified atom stereocenters. The smallest absolute Gasteiger partial charge is 0.321 e. The van der Waals surface area contributed by atoms with Gasteiger partial charge < -0.3 is 10.2 Å². The summed E-state index contributed by atoms with van der Waals surface area (Å²) in [6.07, 6.45) is 10.1. The number of rotatable bonds is 1. The number of hydrogen-bond acceptors (Lipinski definition) is 3. The predicted molar refractivity (Wildman–Crippen MR) is 78.9 cm³/mol. The molecule has 6 nitrogen and oxygen atoms in total. The van der Waals surface area contributed by atoms with E-state index in [2.05, 4.69) is 27.7 Å². The van der Waals surface area contributed by atoms with Gasteiger partial charge >= 0.3 is 6.03 Å². The Morgan fingerprint density at radius 1 is 1.24 bits per heavy atom. The summed E-state index contributed by atoms with van der Waals surface area (Å²) in [5.74, 6) is 1.23. The van der Waals surface area contributed by atoms with E-state index in [4.69, 9.17) is 0 Å². The number of amides is 2. The van der Waals surface area contributed by atoms with E-state index in [9.17, 15) is 4.79 Å². The highest BCUT2D eigenvalue weighted by molar-refractivity contribution is 5.93. The average Bonchev–Trinajstić information content (AvgIpc) is 3.14. The number of aromatic nitrogens is 3. The van der Waals surface area contributed by atoms with Crippen LogP contribution in [0.1, 0.15) is 12.8 Å². The zero-order valence-corrected chi connectivity index (χ0v) is 11.6. The number of hydrogen-bond donors (Lipinski definition) is 1. The SMILES string of the molecule is O=C(Nc1cccn2cnnc12)N1C[C@H]2CC=CC[C@H]2C1. The monoisotopic (exact) mass is 283 g/mol. The third kappa shape index (κ3) is 2.16. The lowest BCUT2D eigenvalue weighted by molar-refractivity contribution is 0.220. The maximum atomic E-state index is 12.5. The summed E-state index contributed by atoms with van der Waals surface area (Å²) in [4.78, 5) is 14.4. The Morgan fingerprint density at radius 2 is 2.00 bits per heavy atom. The van der Waals surface area contributed by atoms with E-state index in [-0.39, 0.29) is 6.03 Å². The fraction of sp³-hybridized carbons (Fsp3) is 0.400. The minimum atomic E-state index is -0.0412. The van der Waals surface area contributed by atoms with Crippen LogP contribution in [0.15, 0.2) is 36.8 Å². The summed E-state index contributed by atoms with van der Waals surface area (Å²) in [6.45, 7) is 1.69. The van der Waals surface area contributed by atoms with Gasteiger partial charge in [0.2, 0.25) is 0 Å². The largest absolute Gasteiger partial charge is 0.324 e. The van der Waals surface area contributed by atoms with Gasteiger partial charge in [0.05, 0.1) is 5.69 Å². The van der Waals surface area contributed by atoms with Gasteiger partial charge in [-0.1, -0.05) is 12.2 Å². The first-order chi connectivity index (χ1) is 10.3. The molecule has 3 heterocycles. The molecule has 6 heteroatoms. The highest BCUT2D eigenvalue weighted by atomic mass is 16.2. The molecule has 0 bridgehead atoms. The molecule has 108 valence electrons. The first-order valence-electron chi connectivity index (χ1n) is 7.30. The van der Waals surface area contributed by atoms with Crippen molar-refractivity contribution in [2.45, 2.75) is 12.8 Å². The second-order valence-electron chi connectivity index (χ2n) is 5.78. The molecule has 0 radical (unpaired) electrons. The fourth-order valence-electron chi connectivity index (χ4n) is 3.32. The molecule has 2 aliphatic rings. The summed E-state index contributed by atoms with van der Waals surface area (Å²) in [7, 11) is 0. The van der Waals surface area contributed by atoms with Gasteiger partial charge in [0.25, 0.3) is 0 Å². The van der Waals surface area contributed by atoms with Crippen LogP contribution in [0.25, 0.3) is 5.65 Å². The van der Waals surface area contributed by atoms with E-state index >= 15 is 0 Å². The molecule has 2 amide bonds. The van der Waals surface area contributed by atoms with Gasteiger partial charge in [0.15, 0.2) is 5.65 Å². The molecule has 1 aliphatic heterocycles. The summed E-state index contributed by atoms with van der Waals surface area (Å²) in [6, 6.07) is 3.69. The zero-order valence-electron chi connectivity index (χ0n) is 11.6. The number of anilines is 1. The Labute approximate surface area is 122 Å². The van der Waals surface area contributed by atoms with Crippen LogP contribution in [0.5, 0.6) is 0 Å². The van der Waals surface area contributed by atoms with Crippen molar-refractivity contribution in [2.24, 2.45) is 11.8 Å². The number of nitrogens with one attached hydrogen (secondary N) is 1. The summed E-state index contributed by atoms with van der Waals surface area (Å²) in [5.41, 5.74) is 1.37.